The molecule has 64 heavy (non-hydrogen) atoms. The summed E-state index contributed by atoms with van der Waals surface area (Å²) >= 11 is 0. The minimum absolute atomic E-state index is 0.00546. The van der Waals surface area contributed by atoms with Crippen LogP contribution in [0.5, 0.6) is 0 Å². The zero-order valence-electron chi connectivity index (χ0n) is 38.3. The summed E-state index contributed by atoms with van der Waals surface area (Å²) in [5, 5.41) is 116. The van der Waals surface area contributed by atoms with Gasteiger partial charge in [0.25, 0.3) is 0 Å². The van der Waals surface area contributed by atoms with Gasteiger partial charge in [0, 0.05) is 0 Å². The van der Waals surface area contributed by atoms with Crippen molar-refractivity contribution in [2.24, 2.45) is 58.2 Å². The van der Waals surface area contributed by atoms with E-state index in [2.05, 4.69) is 33.8 Å². The maximum atomic E-state index is 12.4. The molecule has 11 N–H and O–H groups in total. The van der Waals surface area contributed by atoms with Gasteiger partial charge in [0.05, 0.1) is 37.6 Å². The second-order valence-electron chi connectivity index (χ2n) is 22.1. The Hall–Kier alpha value is -0.940. The summed E-state index contributed by atoms with van der Waals surface area (Å²) in [6.45, 7) is 11.9. The lowest BCUT2D eigenvalue weighted by molar-refractivity contribution is -0.369. The Morgan fingerprint density at radius 1 is 0.719 bits per heavy atom. The van der Waals surface area contributed by atoms with Crippen LogP contribution in [0, 0.1) is 58.2 Å². The minimum atomic E-state index is -1.64. The van der Waals surface area contributed by atoms with Crippen LogP contribution in [0.15, 0.2) is 11.6 Å². The van der Waals surface area contributed by atoms with Crippen molar-refractivity contribution >= 4 is 0 Å². The summed E-state index contributed by atoms with van der Waals surface area (Å²) in [7, 11) is 0. The molecule has 0 unspecified atom stereocenters. The highest BCUT2D eigenvalue weighted by molar-refractivity contribution is 5.26. The van der Waals surface area contributed by atoms with E-state index >= 15 is 0 Å². The minimum Gasteiger partial charge on any atom is -0.394 e. The zero-order chi connectivity index (χ0) is 46.4. The number of rotatable bonds is 12. The van der Waals surface area contributed by atoms with E-state index in [1.807, 2.05) is 6.92 Å². The molecule has 5 aliphatic carbocycles. The molecule has 0 bridgehead atoms. The molecule has 0 aromatic heterocycles. The number of aliphatic hydroxyl groups is 11. The van der Waals surface area contributed by atoms with Crippen molar-refractivity contribution < 1.29 is 84.6 Å². The molecule has 368 valence electrons. The molecule has 7 fully saturated rings. The molecule has 3 saturated heterocycles. The first kappa shape index (κ1) is 49.5. The molecule has 8 rings (SSSR count). The van der Waals surface area contributed by atoms with E-state index < -0.39 is 111 Å². The number of allylic oxidation sites excluding steroid dienone is 1. The maximum Gasteiger partial charge on any atom is 0.187 e. The summed E-state index contributed by atoms with van der Waals surface area (Å²) < 4.78 is 35.6. The van der Waals surface area contributed by atoms with Gasteiger partial charge < -0.3 is 84.6 Å². The van der Waals surface area contributed by atoms with Crippen molar-refractivity contribution in [1.29, 1.82) is 0 Å². The molecule has 8 aliphatic rings. The molecule has 3 aliphatic heterocycles. The third kappa shape index (κ3) is 8.49. The maximum absolute atomic E-state index is 12.4. The molecule has 3 heterocycles. The average molecular weight is 915 g/mol. The van der Waals surface area contributed by atoms with Crippen LogP contribution in [0.4, 0.5) is 0 Å². The lowest BCUT2D eigenvalue weighted by Crippen LogP contribution is -2.64. The fourth-order valence-corrected chi connectivity index (χ4v) is 14.5. The van der Waals surface area contributed by atoms with Gasteiger partial charge in [-0.25, -0.2) is 0 Å². The second kappa shape index (κ2) is 18.8. The molecule has 4 saturated carbocycles. The zero-order valence-corrected chi connectivity index (χ0v) is 38.3. The third-order valence-electron chi connectivity index (χ3n) is 18.6. The van der Waals surface area contributed by atoms with E-state index in [0.717, 1.165) is 38.5 Å². The van der Waals surface area contributed by atoms with Crippen molar-refractivity contribution in [3.63, 3.8) is 0 Å². The summed E-state index contributed by atoms with van der Waals surface area (Å²) in [4.78, 5) is 0. The van der Waals surface area contributed by atoms with Gasteiger partial charge in [0.1, 0.15) is 67.1 Å². The smallest absolute Gasteiger partial charge is 0.187 e. The highest BCUT2D eigenvalue weighted by atomic mass is 16.8. The van der Waals surface area contributed by atoms with Gasteiger partial charge in [0.15, 0.2) is 18.9 Å². The first-order valence-corrected chi connectivity index (χ1v) is 24.1. The first-order valence-electron chi connectivity index (χ1n) is 24.1. The summed E-state index contributed by atoms with van der Waals surface area (Å²) in [5.41, 5.74) is 0.585. The Bertz CT molecular complexity index is 1640. The lowest BCUT2D eigenvalue weighted by Gasteiger charge is -2.59. The van der Waals surface area contributed by atoms with Gasteiger partial charge in [-0.15, -0.1) is 0 Å². The molecule has 0 aromatic rings. The van der Waals surface area contributed by atoms with Gasteiger partial charge in [0.2, 0.25) is 0 Å². The van der Waals surface area contributed by atoms with Crippen molar-refractivity contribution in [3.05, 3.63) is 11.6 Å². The van der Waals surface area contributed by atoms with Crippen LogP contribution in [0.3, 0.4) is 0 Å². The highest BCUT2D eigenvalue weighted by Crippen LogP contribution is 2.72. The van der Waals surface area contributed by atoms with Gasteiger partial charge in [-0.05, 0) is 123 Å². The number of ether oxygens (including phenoxy) is 6. The van der Waals surface area contributed by atoms with Gasteiger partial charge in [-0.3, -0.25) is 0 Å². The number of hydrogen-bond acceptors (Lipinski definition) is 17. The van der Waals surface area contributed by atoms with Crippen molar-refractivity contribution in [2.45, 2.75) is 203 Å². The molecular formula is C47H78O17. The Morgan fingerprint density at radius 2 is 1.36 bits per heavy atom. The lowest BCUT2D eigenvalue weighted by atomic mass is 9.46. The monoisotopic (exact) mass is 915 g/mol. The van der Waals surface area contributed by atoms with Gasteiger partial charge in [-0.1, -0.05) is 46.3 Å². The summed E-state index contributed by atoms with van der Waals surface area (Å²) in [6.07, 6.45) is -10.4. The molecule has 17 heteroatoms. The van der Waals surface area contributed by atoms with Crippen LogP contribution in [0.2, 0.25) is 0 Å². The topological polar surface area (TPSA) is 278 Å². The summed E-state index contributed by atoms with van der Waals surface area (Å²) in [6, 6.07) is 0. The molecule has 27 atom stereocenters. The van der Waals surface area contributed by atoms with Crippen molar-refractivity contribution in [2.75, 3.05) is 19.8 Å². The van der Waals surface area contributed by atoms with E-state index in [9.17, 15) is 56.2 Å². The van der Waals surface area contributed by atoms with Crippen molar-refractivity contribution in [1.82, 2.24) is 0 Å². The molecule has 0 radical (unpaired) electrons. The Kier molecular flexibility index (Phi) is 14.5. The fourth-order valence-electron chi connectivity index (χ4n) is 14.5. The van der Waals surface area contributed by atoms with Crippen LogP contribution < -0.4 is 0 Å². The molecule has 0 spiro atoms. The van der Waals surface area contributed by atoms with E-state index in [4.69, 9.17) is 28.4 Å². The van der Waals surface area contributed by atoms with E-state index in [1.165, 1.54) is 12.5 Å². The molecule has 17 nitrogen and oxygen atoms in total. The third-order valence-corrected chi connectivity index (χ3v) is 18.6. The predicted molar refractivity (Wildman–Crippen MR) is 225 cm³/mol. The molecule has 0 amide bonds. The van der Waals surface area contributed by atoms with Crippen LogP contribution in [-0.2, 0) is 28.4 Å². The first-order chi connectivity index (χ1) is 30.2. The van der Waals surface area contributed by atoms with Gasteiger partial charge >= 0.3 is 0 Å². The second-order valence-corrected chi connectivity index (χ2v) is 22.1. The number of aliphatic hydroxyl groups excluding tert-OH is 10. The Balaban J connectivity index is 0.895. The van der Waals surface area contributed by atoms with Gasteiger partial charge in [-0.2, -0.15) is 0 Å². The average Bonchev–Trinajstić information content (AvgIpc) is 3.70. The normalized spacial score (nSPS) is 54.9. The molecular weight excluding hydrogens is 836 g/mol. The van der Waals surface area contributed by atoms with Crippen molar-refractivity contribution in [3.8, 4) is 0 Å². The number of hydrogen-bond donors (Lipinski definition) is 11. The van der Waals surface area contributed by atoms with Crippen LogP contribution in [0.1, 0.15) is 99.3 Å². The van der Waals surface area contributed by atoms with E-state index in [0.29, 0.717) is 48.9 Å². The van der Waals surface area contributed by atoms with E-state index in [1.54, 1.807) is 0 Å². The highest BCUT2D eigenvalue weighted by Gasteiger charge is 2.67. The number of fused-ring (bicyclic) bond motifs is 7. The Morgan fingerprint density at radius 3 is 2.05 bits per heavy atom. The van der Waals surface area contributed by atoms with E-state index in [-0.39, 0.29) is 41.3 Å². The fraction of sp³-hybridized carbons (Fsp3) is 0.957. The van der Waals surface area contributed by atoms with Crippen LogP contribution in [0.25, 0.3) is 0 Å². The SMILES string of the molecule is C[C@H](CO[C@@H]1O[C@H](CO)[C@@H](O)[C@H](O)[C@H]1O)[C@H](C)C[C@@]1(O)C[C@@H]2C[C@@H]3[C@@H]4CC=C5C[C@H](O[C@@H]6O[C@H](CO)[C@@H](O)[C@H](O)[C@H]6O[C@@H]6O[C@@H](C)[C@H](O)[C@@H](O)[C@H]6O)CC[C@]5(C)[C@@H]4CC[C@]3(C)[C@@H]2[C@@H]1C. The van der Waals surface area contributed by atoms with Crippen LogP contribution >= 0.6 is 0 Å². The largest absolute Gasteiger partial charge is 0.394 e. The predicted octanol–water partition coefficient (Wildman–Crippen LogP) is 0.0781. The summed E-state index contributed by atoms with van der Waals surface area (Å²) in [5.74, 6) is 2.56. The Labute approximate surface area is 376 Å². The van der Waals surface area contributed by atoms with Crippen LogP contribution in [-0.4, -0.2) is 180 Å². The molecule has 0 aromatic carbocycles. The quantitative estimate of drug-likeness (QED) is 0.116. The standard InChI is InChI=1S/C47H78O17/c1-20(21(2)19-59-42-39(56)37(54)34(51)30(17-48)62-42)15-47(58)16-24-13-29-27-8-7-25-14-26(9-11-45(25,5)28(27)10-12-46(29,6)32(24)22(47)3)61-44-41(38(55)35(52)31(18-49)63-44)64-43-40(57)36(53)33(50)23(4)60-43/h7,20-24,26-44,48-58H,8-19H2,1-6H3/t20-,21-,22+,23+,24+,26-,27-,28-,29-,30-,31-,32-,33+,34-,35-,36-,37+,38+,39-,40-,41-,42-,43+,44-,45+,46+,47-/m1/s1.